The predicted molar refractivity (Wildman–Crippen MR) is 70.5 cm³/mol. The van der Waals surface area contributed by atoms with E-state index in [-0.39, 0.29) is 0 Å². The van der Waals surface area contributed by atoms with Gasteiger partial charge in [0, 0.05) is 11.8 Å². The van der Waals surface area contributed by atoms with Crippen molar-refractivity contribution >= 4 is 17.2 Å². The van der Waals surface area contributed by atoms with Crippen LogP contribution in [0.3, 0.4) is 0 Å². The number of H-pyrrole nitrogens is 1. The summed E-state index contributed by atoms with van der Waals surface area (Å²) in [5.74, 6) is 1.17. The van der Waals surface area contributed by atoms with Crippen LogP contribution in [-0.4, -0.2) is 15.2 Å². The molecule has 4 nitrogen and oxygen atoms in total. The quantitative estimate of drug-likeness (QED) is 0.818. The van der Waals surface area contributed by atoms with Crippen LogP contribution in [0.4, 0.5) is 0 Å². The van der Waals surface area contributed by atoms with Crippen LogP contribution in [0.5, 0.6) is 11.6 Å². The number of aryl methyl sites for hydroxylation is 2. The minimum Gasteiger partial charge on any atom is -0.437 e. The smallest absolute Gasteiger partial charge is 0.238 e. The van der Waals surface area contributed by atoms with Gasteiger partial charge in [-0.1, -0.05) is 24.4 Å². The van der Waals surface area contributed by atoms with Crippen LogP contribution in [0.2, 0.25) is 0 Å². The van der Waals surface area contributed by atoms with E-state index >= 15 is 0 Å². The summed E-state index contributed by atoms with van der Waals surface area (Å²) in [4.78, 5) is 0.316. The lowest BCUT2D eigenvalue weighted by atomic mass is 10.1. The summed E-state index contributed by atoms with van der Waals surface area (Å²) >= 11 is 5.00. The average Bonchev–Trinajstić information content (AvgIpc) is 2.67. The molecule has 0 aliphatic heterocycles. The highest BCUT2D eigenvalue weighted by molar-refractivity contribution is 7.80. The number of nitrogens with one attached hydrogen (secondary N) is 1. The molecular formula is C12H13N3OS. The Kier molecular flexibility index (Phi) is 3.10. The molecule has 3 N–H and O–H groups in total. The molecular weight excluding hydrogens is 234 g/mol. The molecule has 1 heterocycles. The van der Waals surface area contributed by atoms with Crippen molar-refractivity contribution in [3.8, 4) is 11.6 Å². The maximum absolute atomic E-state index is 5.71. The Morgan fingerprint density at radius 1 is 1.41 bits per heavy atom. The van der Waals surface area contributed by atoms with Gasteiger partial charge in [0.15, 0.2) is 0 Å². The Labute approximate surface area is 105 Å². The van der Waals surface area contributed by atoms with Crippen molar-refractivity contribution in [1.29, 1.82) is 0 Å². The van der Waals surface area contributed by atoms with Crippen LogP contribution in [0.15, 0.2) is 24.3 Å². The first-order chi connectivity index (χ1) is 8.08. The Morgan fingerprint density at radius 2 is 2.18 bits per heavy atom. The molecule has 1 aromatic heterocycles. The molecule has 0 saturated heterocycles. The molecule has 88 valence electrons. The van der Waals surface area contributed by atoms with Crippen molar-refractivity contribution in [2.45, 2.75) is 13.8 Å². The molecule has 0 unspecified atom stereocenters. The molecule has 1 aromatic carbocycles. The standard InChI is InChI=1S/C12H13N3OS/c1-7-4-3-5-9(12(13)17)11(7)16-10-6-8(2)14-15-10/h3-6H,1-2H3,(H2,13,17)(H,14,15). The Morgan fingerprint density at radius 3 is 2.76 bits per heavy atom. The minimum absolute atomic E-state index is 0.316. The fourth-order valence-electron chi connectivity index (χ4n) is 1.53. The van der Waals surface area contributed by atoms with Gasteiger partial charge in [-0.2, -0.15) is 0 Å². The zero-order chi connectivity index (χ0) is 12.4. The third-order valence-corrected chi connectivity index (χ3v) is 2.59. The van der Waals surface area contributed by atoms with Gasteiger partial charge in [0.2, 0.25) is 5.88 Å². The molecule has 5 heteroatoms. The first-order valence-electron chi connectivity index (χ1n) is 5.17. The molecule has 0 bridgehead atoms. The summed E-state index contributed by atoms with van der Waals surface area (Å²) in [5, 5.41) is 6.84. The van der Waals surface area contributed by atoms with Gasteiger partial charge < -0.3 is 10.5 Å². The van der Waals surface area contributed by atoms with E-state index in [0.717, 1.165) is 16.8 Å². The summed E-state index contributed by atoms with van der Waals surface area (Å²) in [5.41, 5.74) is 8.29. The van der Waals surface area contributed by atoms with Gasteiger partial charge in [0.05, 0.1) is 5.56 Å². The Bertz CT molecular complexity index is 563. The van der Waals surface area contributed by atoms with Crippen LogP contribution in [-0.2, 0) is 0 Å². The fraction of sp³-hybridized carbons (Fsp3) is 0.167. The molecule has 0 amide bonds. The third-order valence-electron chi connectivity index (χ3n) is 2.37. The largest absolute Gasteiger partial charge is 0.437 e. The van der Waals surface area contributed by atoms with E-state index in [9.17, 15) is 0 Å². The average molecular weight is 247 g/mol. The maximum Gasteiger partial charge on any atom is 0.238 e. The van der Waals surface area contributed by atoms with Crippen LogP contribution in [0.25, 0.3) is 0 Å². The van der Waals surface area contributed by atoms with Gasteiger partial charge in [-0.25, -0.2) is 0 Å². The molecule has 2 aromatic rings. The molecule has 0 saturated carbocycles. The van der Waals surface area contributed by atoms with Gasteiger partial charge in [0.1, 0.15) is 10.7 Å². The number of ether oxygens (including phenoxy) is 1. The summed E-state index contributed by atoms with van der Waals surface area (Å²) in [6, 6.07) is 7.49. The van der Waals surface area contributed by atoms with Crippen molar-refractivity contribution in [1.82, 2.24) is 10.2 Å². The van der Waals surface area contributed by atoms with Crippen LogP contribution >= 0.6 is 12.2 Å². The highest BCUT2D eigenvalue weighted by Gasteiger charge is 2.11. The van der Waals surface area contributed by atoms with Gasteiger partial charge >= 0.3 is 0 Å². The number of aromatic nitrogens is 2. The number of rotatable bonds is 3. The van der Waals surface area contributed by atoms with E-state index in [1.54, 1.807) is 0 Å². The van der Waals surface area contributed by atoms with Crippen LogP contribution < -0.4 is 10.5 Å². The van der Waals surface area contributed by atoms with Gasteiger partial charge in [-0.15, -0.1) is 5.10 Å². The molecule has 0 atom stereocenters. The highest BCUT2D eigenvalue weighted by Crippen LogP contribution is 2.28. The summed E-state index contributed by atoms with van der Waals surface area (Å²) in [6.07, 6.45) is 0. The SMILES string of the molecule is Cc1cc(Oc2c(C)cccc2C(N)=S)n[nH]1. The zero-order valence-corrected chi connectivity index (χ0v) is 10.5. The van der Waals surface area contributed by atoms with E-state index in [2.05, 4.69) is 10.2 Å². The van der Waals surface area contributed by atoms with Gasteiger partial charge in [-0.05, 0) is 25.5 Å². The third kappa shape index (κ3) is 2.45. The lowest BCUT2D eigenvalue weighted by Gasteiger charge is -2.10. The van der Waals surface area contributed by atoms with Crippen molar-refractivity contribution in [2.24, 2.45) is 5.73 Å². The van der Waals surface area contributed by atoms with Crippen molar-refractivity contribution < 1.29 is 4.74 Å². The number of thiocarbonyl (C=S) groups is 1. The molecule has 0 fully saturated rings. The molecule has 0 aliphatic carbocycles. The van der Waals surface area contributed by atoms with Gasteiger partial charge in [-0.3, -0.25) is 5.10 Å². The Hall–Kier alpha value is -1.88. The second kappa shape index (κ2) is 4.55. The molecule has 0 spiro atoms. The molecule has 2 rings (SSSR count). The maximum atomic E-state index is 5.71. The molecule has 17 heavy (non-hydrogen) atoms. The normalized spacial score (nSPS) is 10.2. The second-order valence-corrected chi connectivity index (χ2v) is 4.25. The monoisotopic (exact) mass is 247 g/mol. The summed E-state index contributed by atoms with van der Waals surface area (Å²) in [7, 11) is 0. The summed E-state index contributed by atoms with van der Waals surface area (Å²) < 4.78 is 5.71. The van der Waals surface area contributed by atoms with E-state index < -0.39 is 0 Å². The van der Waals surface area contributed by atoms with Crippen molar-refractivity contribution in [3.05, 3.63) is 41.1 Å². The van der Waals surface area contributed by atoms with Crippen molar-refractivity contribution in [2.75, 3.05) is 0 Å². The number of aromatic amines is 1. The number of hydrogen-bond acceptors (Lipinski definition) is 3. The van der Waals surface area contributed by atoms with Crippen LogP contribution in [0, 0.1) is 13.8 Å². The minimum atomic E-state index is 0.316. The predicted octanol–water partition coefficient (Wildman–Crippen LogP) is 2.45. The number of nitrogens with two attached hydrogens (primary N) is 1. The summed E-state index contributed by atoms with van der Waals surface area (Å²) in [6.45, 7) is 3.85. The lowest BCUT2D eigenvalue weighted by Crippen LogP contribution is -2.11. The van der Waals surface area contributed by atoms with Crippen LogP contribution in [0.1, 0.15) is 16.8 Å². The van der Waals surface area contributed by atoms with Crippen molar-refractivity contribution in [3.63, 3.8) is 0 Å². The highest BCUT2D eigenvalue weighted by atomic mass is 32.1. The molecule has 0 radical (unpaired) electrons. The Balaban J connectivity index is 2.40. The fourth-order valence-corrected chi connectivity index (χ4v) is 1.69. The number of hydrogen-bond donors (Lipinski definition) is 2. The number of para-hydroxylation sites is 1. The van der Waals surface area contributed by atoms with E-state index in [1.165, 1.54) is 0 Å². The number of benzene rings is 1. The first kappa shape index (κ1) is 11.6. The van der Waals surface area contributed by atoms with E-state index in [4.69, 9.17) is 22.7 Å². The van der Waals surface area contributed by atoms with Gasteiger partial charge in [0.25, 0.3) is 0 Å². The first-order valence-corrected chi connectivity index (χ1v) is 5.58. The number of nitrogens with zero attached hydrogens (tertiary/aromatic N) is 1. The van der Waals surface area contributed by atoms with E-state index in [0.29, 0.717) is 16.6 Å². The topological polar surface area (TPSA) is 63.9 Å². The molecule has 0 aliphatic rings. The van der Waals surface area contributed by atoms with E-state index in [1.807, 2.05) is 38.1 Å². The zero-order valence-electron chi connectivity index (χ0n) is 9.65. The second-order valence-electron chi connectivity index (χ2n) is 3.81. The lowest BCUT2D eigenvalue weighted by molar-refractivity contribution is 0.457.